The van der Waals surface area contributed by atoms with E-state index in [1.807, 2.05) is 0 Å². The molecule has 0 bridgehead atoms. The summed E-state index contributed by atoms with van der Waals surface area (Å²) in [7, 11) is 0. The van der Waals surface area contributed by atoms with E-state index in [-0.39, 0.29) is 23.6 Å². The Kier molecular flexibility index (Phi) is 6.17. The highest BCUT2D eigenvalue weighted by atomic mass is 35.5. The van der Waals surface area contributed by atoms with E-state index in [0.717, 1.165) is 4.68 Å². The number of rotatable bonds is 6. The number of aryl methyl sites for hydroxylation is 1. The minimum absolute atomic E-state index is 0.159. The van der Waals surface area contributed by atoms with E-state index in [4.69, 9.17) is 27.9 Å². The number of halogens is 2. The van der Waals surface area contributed by atoms with Gasteiger partial charge in [-0.25, -0.2) is 0 Å². The molecule has 1 N–H and O–H groups in total. The number of carbonyl (C=O) groups is 2. The fourth-order valence-corrected chi connectivity index (χ4v) is 2.77. The number of benzene rings is 1. The highest BCUT2D eigenvalue weighted by Gasteiger charge is 2.23. The smallest absolute Gasteiger partial charge is 0.328 e. The summed E-state index contributed by atoms with van der Waals surface area (Å²) < 4.78 is 6.01. The van der Waals surface area contributed by atoms with E-state index in [0.29, 0.717) is 15.7 Å². The van der Waals surface area contributed by atoms with Gasteiger partial charge in [-0.15, -0.1) is 0 Å². The third kappa shape index (κ3) is 4.93. The monoisotopic (exact) mass is 400 g/mol. The molecule has 9 nitrogen and oxygen atoms in total. The zero-order chi connectivity index (χ0) is 19.4. The van der Waals surface area contributed by atoms with Gasteiger partial charge in [0.1, 0.15) is 17.9 Å². The summed E-state index contributed by atoms with van der Waals surface area (Å²) in [5, 5.41) is 18.0. The maximum Gasteiger partial charge on any atom is 0.328 e. The van der Waals surface area contributed by atoms with Crippen LogP contribution in [-0.4, -0.2) is 33.2 Å². The largest absolute Gasteiger partial charge is 0.454 e. The van der Waals surface area contributed by atoms with Crippen molar-refractivity contribution in [3.8, 4) is 0 Å². The third-order valence-electron chi connectivity index (χ3n) is 3.32. The molecular weight excluding hydrogens is 387 g/mol. The Hall–Kier alpha value is -2.65. The first kappa shape index (κ1) is 19.7. The lowest BCUT2D eigenvalue weighted by molar-refractivity contribution is -0.386. The molecule has 0 saturated carbocycles. The van der Waals surface area contributed by atoms with Crippen LogP contribution in [0.15, 0.2) is 18.2 Å². The van der Waals surface area contributed by atoms with Gasteiger partial charge < -0.3 is 10.1 Å². The molecule has 138 valence electrons. The van der Waals surface area contributed by atoms with Crippen molar-refractivity contribution < 1.29 is 19.2 Å². The number of nitrogens with zero attached hydrogens (tertiary/aromatic N) is 3. The van der Waals surface area contributed by atoms with Gasteiger partial charge in [-0.05, 0) is 32.0 Å². The summed E-state index contributed by atoms with van der Waals surface area (Å²) in [4.78, 5) is 34.0. The van der Waals surface area contributed by atoms with Crippen molar-refractivity contribution in [3.05, 3.63) is 49.7 Å². The van der Waals surface area contributed by atoms with Crippen LogP contribution in [0.5, 0.6) is 0 Å². The first-order valence-electron chi connectivity index (χ1n) is 7.27. The van der Waals surface area contributed by atoms with Gasteiger partial charge in [0.15, 0.2) is 6.61 Å². The van der Waals surface area contributed by atoms with E-state index in [2.05, 4.69) is 10.4 Å². The van der Waals surface area contributed by atoms with Crippen LogP contribution < -0.4 is 5.32 Å². The Morgan fingerprint density at radius 2 is 1.88 bits per heavy atom. The van der Waals surface area contributed by atoms with Crippen molar-refractivity contribution in [1.29, 1.82) is 0 Å². The van der Waals surface area contributed by atoms with Crippen LogP contribution in [0.2, 0.25) is 10.0 Å². The predicted molar refractivity (Wildman–Crippen MR) is 94.4 cm³/mol. The fraction of sp³-hybridized carbons (Fsp3) is 0.267. The van der Waals surface area contributed by atoms with Crippen LogP contribution in [0, 0.1) is 24.0 Å². The molecule has 11 heteroatoms. The molecule has 0 aliphatic carbocycles. The number of esters is 1. The number of ether oxygens (including phenoxy) is 1. The summed E-state index contributed by atoms with van der Waals surface area (Å²) in [6, 6.07) is 4.48. The molecule has 1 aromatic heterocycles. The molecule has 0 radical (unpaired) electrons. The molecule has 0 aliphatic rings. The van der Waals surface area contributed by atoms with E-state index in [9.17, 15) is 19.7 Å². The molecule has 1 heterocycles. The Labute approximate surface area is 158 Å². The number of hydrogen-bond acceptors (Lipinski definition) is 6. The van der Waals surface area contributed by atoms with Gasteiger partial charge in [0.25, 0.3) is 5.91 Å². The molecule has 0 atom stereocenters. The van der Waals surface area contributed by atoms with Gasteiger partial charge in [-0.3, -0.25) is 24.4 Å². The van der Waals surface area contributed by atoms with Gasteiger partial charge in [0.2, 0.25) is 0 Å². The second kappa shape index (κ2) is 8.15. The minimum Gasteiger partial charge on any atom is -0.454 e. The summed E-state index contributed by atoms with van der Waals surface area (Å²) in [5.74, 6) is -1.35. The molecule has 2 rings (SSSR count). The quantitative estimate of drug-likeness (QED) is 0.452. The standard InChI is InChI=1S/C15H14Cl2N4O5/c1-8-15(21(24)25)9(2)20(19-8)6-14(23)26-7-13(22)18-12-4-10(16)3-11(17)5-12/h3-5H,6-7H2,1-2H3,(H,18,22). The average Bonchev–Trinajstić information content (AvgIpc) is 2.78. The summed E-state index contributed by atoms with van der Waals surface area (Å²) in [6.07, 6.45) is 0. The highest BCUT2D eigenvalue weighted by Crippen LogP contribution is 2.23. The zero-order valence-corrected chi connectivity index (χ0v) is 15.3. The number of aromatic nitrogens is 2. The molecule has 0 saturated heterocycles. The Morgan fingerprint density at radius 1 is 1.27 bits per heavy atom. The number of hydrogen-bond donors (Lipinski definition) is 1. The molecule has 0 spiro atoms. The van der Waals surface area contributed by atoms with Crippen molar-refractivity contribution in [2.24, 2.45) is 0 Å². The molecule has 0 fully saturated rings. The molecule has 1 amide bonds. The van der Waals surface area contributed by atoms with Crippen LogP contribution in [-0.2, 0) is 20.9 Å². The number of anilines is 1. The maximum absolute atomic E-state index is 11.8. The van der Waals surface area contributed by atoms with Crippen LogP contribution in [0.25, 0.3) is 0 Å². The molecule has 1 aromatic carbocycles. The summed E-state index contributed by atoms with van der Waals surface area (Å²) in [5.41, 5.74) is 0.615. The topological polar surface area (TPSA) is 116 Å². The van der Waals surface area contributed by atoms with Gasteiger partial charge in [-0.1, -0.05) is 23.2 Å². The minimum atomic E-state index is -0.759. The van der Waals surface area contributed by atoms with Crippen molar-refractivity contribution in [1.82, 2.24) is 9.78 Å². The number of nitro groups is 1. The van der Waals surface area contributed by atoms with Crippen molar-refractivity contribution >= 4 is 46.5 Å². The Morgan fingerprint density at radius 3 is 2.42 bits per heavy atom. The first-order valence-corrected chi connectivity index (χ1v) is 8.03. The lowest BCUT2D eigenvalue weighted by Crippen LogP contribution is -2.23. The van der Waals surface area contributed by atoms with Crippen molar-refractivity contribution in [2.45, 2.75) is 20.4 Å². The van der Waals surface area contributed by atoms with Crippen LogP contribution in [0.3, 0.4) is 0 Å². The molecular formula is C15H14Cl2N4O5. The Bertz CT molecular complexity index is 861. The Balaban J connectivity index is 1.91. The highest BCUT2D eigenvalue weighted by molar-refractivity contribution is 6.35. The van der Waals surface area contributed by atoms with Crippen LogP contribution in [0.4, 0.5) is 11.4 Å². The van der Waals surface area contributed by atoms with E-state index in [1.165, 1.54) is 32.0 Å². The maximum atomic E-state index is 11.8. The molecule has 0 aliphatic heterocycles. The normalized spacial score (nSPS) is 10.5. The van der Waals surface area contributed by atoms with Crippen molar-refractivity contribution in [3.63, 3.8) is 0 Å². The van der Waals surface area contributed by atoms with Crippen LogP contribution in [0.1, 0.15) is 11.4 Å². The second-order valence-electron chi connectivity index (χ2n) is 5.30. The molecule has 26 heavy (non-hydrogen) atoms. The van der Waals surface area contributed by atoms with Crippen molar-refractivity contribution in [2.75, 3.05) is 11.9 Å². The number of carbonyl (C=O) groups excluding carboxylic acids is 2. The zero-order valence-electron chi connectivity index (χ0n) is 13.8. The van der Waals surface area contributed by atoms with Gasteiger partial charge in [-0.2, -0.15) is 5.10 Å². The van der Waals surface area contributed by atoms with Gasteiger partial charge in [0.05, 0.1) is 4.92 Å². The third-order valence-corrected chi connectivity index (χ3v) is 3.75. The lowest BCUT2D eigenvalue weighted by atomic mass is 10.3. The summed E-state index contributed by atoms with van der Waals surface area (Å²) >= 11 is 11.6. The average molecular weight is 401 g/mol. The predicted octanol–water partition coefficient (Wildman–Crippen LogP) is 2.90. The summed E-state index contributed by atoms with van der Waals surface area (Å²) in [6.45, 7) is 2.05. The fourth-order valence-electron chi connectivity index (χ4n) is 2.24. The van der Waals surface area contributed by atoms with E-state index in [1.54, 1.807) is 0 Å². The lowest BCUT2D eigenvalue weighted by Gasteiger charge is -2.08. The van der Waals surface area contributed by atoms with Crippen LogP contribution >= 0.6 is 23.2 Å². The van der Waals surface area contributed by atoms with E-state index >= 15 is 0 Å². The second-order valence-corrected chi connectivity index (χ2v) is 6.17. The molecule has 2 aromatic rings. The first-order chi connectivity index (χ1) is 12.2. The number of nitrogens with one attached hydrogen (secondary N) is 1. The van der Waals surface area contributed by atoms with E-state index < -0.39 is 23.4 Å². The molecule has 0 unspecified atom stereocenters. The SMILES string of the molecule is Cc1nn(CC(=O)OCC(=O)Nc2cc(Cl)cc(Cl)c2)c(C)c1[N+](=O)[O-]. The van der Waals surface area contributed by atoms with Gasteiger partial charge >= 0.3 is 11.7 Å². The number of amides is 1. The van der Waals surface area contributed by atoms with Gasteiger partial charge in [0, 0.05) is 15.7 Å².